The minimum Gasteiger partial charge on any atom is -0.348 e. The number of sulfonamides is 1. The van der Waals surface area contributed by atoms with Crippen molar-refractivity contribution in [2.45, 2.75) is 18.0 Å². The van der Waals surface area contributed by atoms with Crippen LogP contribution in [0.4, 0.5) is 5.69 Å². The molecule has 3 rings (SSSR count). The first-order chi connectivity index (χ1) is 14.3. The van der Waals surface area contributed by atoms with Crippen molar-refractivity contribution in [2.24, 2.45) is 0 Å². The molecule has 0 radical (unpaired) electrons. The predicted octanol–water partition coefficient (Wildman–Crippen LogP) is 2.06. The van der Waals surface area contributed by atoms with Crippen molar-refractivity contribution >= 4 is 21.6 Å². The highest BCUT2D eigenvalue weighted by atomic mass is 32.2. The normalized spacial score (nSPS) is 11.3. The number of amides is 1. The Bertz CT molecular complexity index is 1100. The molecule has 3 N–H and O–H groups in total. The van der Waals surface area contributed by atoms with Crippen LogP contribution in [0.2, 0.25) is 0 Å². The van der Waals surface area contributed by atoms with E-state index in [0.29, 0.717) is 17.8 Å². The van der Waals surface area contributed by atoms with E-state index < -0.39 is 10.0 Å². The highest BCUT2D eigenvalue weighted by Crippen LogP contribution is 2.16. The molecule has 0 aliphatic heterocycles. The molecule has 3 aromatic carbocycles. The summed E-state index contributed by atoms with van der Waals surface area (Å²) in [7, 11) is 0.450. The Morgan fingerprint density at radius 3 is 2.07 bits per heavy atom. The van der Waals surface area contributed by atoms with Crippen LogP contribution in [0.5, 0.6) is 0 Å². The minimum atomic E-state index is -3.71. The maximum Gasteiger partial charge on any atom is 0.261 e. The van der Waals surface area contributed by atoms with E-state index in [1.807, 2.05) is 24.3 Å². The Hall–Kier alpha value is -3.16. The van der Waals surface area contributed by atoms with Gasteiger partial charge in [-0.3, -0.25) is 9.52 Å². The number of carbonyl (C=O) groups excluding carboxylic acids is 1. The fourth-order valence-corrected chi connectivity index (χ4v) is 4.13. The molecule has 3 aromatic rings. The molecule has 0 unspecified atom stereocenters. The zero-order valence-electron chi connectivity index (χ0n) is 17.1. The van der Waals surface area contributed by atoms with E-state index in [2.05, 4.69) is 30.2 Å². The number of carbonyl (C=O) groups is 1. The molecule has 0 aliphatic rings. The molecule has 1 amide bonds. The number of quaternary nitrogens is 1. The Balaban J connectivity index is 1.66. The summed E-state index contributed by atoms with van der Waals surface area (Å²) in [6.45, 7) is 1.28. The predicted molar refractivity (Wildman–Crippen MR) is 118 cm³/mol. The Labute approximate surface area is 177 Å². The number of benzene rings is 3. The van der Waals surface area contributed by atoms with E-state index in [9.17, 15) is 13.2 Å². The maximum absolute atomic E-state index is 12.5. The van der Waals surface area contributed by atoms with Gasteiger partial charge in [0.1, 0.15) is 6.54 Å². The molecule has 0 atom stereocenters. The average molecular weight is 425 g/mol. The third-order valence-electron chi connectivity index (χ3n) is 4.55. The summed E-state index contributed by atoms with van der Waals surface area (Å²) in [5, 5.41) is 2.91. The zero-order valence-corrected chi connectivity index (χ0v) is 17.9. The molecule has 30 heavy (non-hydrogen) atoms. The van der Waals surface area contributed by atoms with E-state index in [1.165, 1.54) is 34.7 Å². The van der Waals surface area contributed by atoms with Gasteiger partial charge in [0.2, 0.25) is 0 Å². The lowest BCUT2D eigenvalue weighted by molar-refractivity contribution is -0.872. The van der Waals surface area contributed by atoms with Crippen LogP contribution in [0.25, 0.3) is 0 Å². The number of nitrogens with one attached hydrogen (secondary N) is 3. The van der Waals surface area contributed by atoms with Crippen LogP contribution in [-0.2, 0) is 23.1 Å². The summed E-state index contributed by atoms with van der Waals surface area (Å²) in [6.07, 6.45) is 0. The first-order valence-corrected chi connectivity index (χ1v) is 11.2. The topological polar surface area (TPSA) is 79.7 Å². The van der Waals surface area contributed by atoms with Crippen LogP contribution >= 0.6 is 0 Å². The second kappa shape index (κ2) is 9.56. The molecule has 0 saturated heterocycles. The molecule has 0 saturated carbocycles. The van der Waals surface area contributed by atoms with E-state index in [-0.39, 0.29) is 10.8 Å². The number of hydrogen-bond acceptors (Lipinski definition) is 3. The summed E-state index contributed by atoms with van der Waals surface area (Å²) >= 11 is 0. The van der Waals surface area contributed by atoms with Gasteiger partial charge in [0, 0.05) is 23.4 Å². The molecule has 7 heteroatoms. The maximum atomic E-state index is 12.5. The van der Waals surface area contributed by atoms with Gasteiger partial charge < -0.3 is 10.2 Å². The van der Waals surface area contributed by atoms with Crippen molar-refractivity contribution in [2.75, 3.05) is 18.8 Å². The van der Waals surface area contributed by atoms with Crippen LogP contribution in [0.3, 0.4) is 0 Å². The molecule has 0 aromatic heterocycles. The van der Waals surface area contributed by atoms with Gasteiger partial charge in [0.05, 0.1) is 19.0 Å². The summed E-state index contributed by atoms with van der Waals surface area (Å²) < 4.78 is 27.5. The van der Waals surface area contributed by atoms with Gasteiger partial charge in [-0.15, -0.1) is 0 Å². The lowest BCUT2D eigenvalue weighted by Crippen LogP contribution is -3.04. The Kier molecular flexibility index (Phi) is 6.87. The second-order valence-corrected chi connectivity index (χ2v) is 9.01. The number of hydrogen-bond donors (Lipinski definition) is 3. The lowest BCUT2D eigenvalue weighted by atomic mass is 10.1. The van der Waals surface area contributed by atoms with Gasteiger partial charge >= 0.3 is 0 Å². The van der Waals surface area contributed by atoms with Gasteiger partial charge in [-0.2, -0.15) is 0 Å². The average Bonchev–Trinajstić information content (AvgIpc) is 2.73. The fourth-order valence-electron chi connectivity index (χ4n) is 3.07. The summed E-state index contributed by atoms with van der Waals surface area (Å²) in [5.74, 6) is -0.248. The Morgan fingerprint density at radius 2 is 1.43 bits per heavy atom. The second-order valence-electron chi connectivity index (χ2n) is 7.33. The summed E-state index contributed by atoms with van der Waals surface area (Å²) in [4.78, 5) is 13.9. The van der Waals surface area contributed by atoms with Crippen LogP contribution in [0.1, 0.15) is 21.5 Å². The van der Waals surface area contributed by atoms with Crippen molar-refractivity contribution in [3.05, 3.63) is 95.6 Å². The van der Waals surface area contributed by atoms with Gasteiger partial charge in [-0.05, 0) is 42.0 Å². The van der Waals surface area contributed by atoms with Crippen molar-refractivity contribution in [1.29, 1.82) is 0 Å². The molecule has 6 nitrogen and oxygen atoms in total. The molecule has 0 fully saturated rings. The van der Waals surface area contributed by atoms with Crippen molar-refractivity contribution in [3.63, 3.8) is 0 Å². The van der Waals surface area contributed by atoms with Gasteiger partial charge in [0.15, 0.2) is 0 Å². The Morgan fingerprint density at radius 1 is 0.833 bits per heavy atom. The highest BCUT2D eigenvalue weighted by molar-refractivity contribution is 7.92. The molecular formula is C23H26N3O3S+. The van der Waals surface area contributed by atoms with Crippen molar-refractivity contribution in [3.8, 4) is 0 Å². The zero-order chi connectivity index (χ0) is 21.6. The van der Waals surface area contributed by atoms with Crippen LogP contribution in [0, 0.1) is 0 Å². The quantitative estimate of drug-likeness (QED) is 0.518. The van der Waals surface area contributed by atoms with Crippen molar-refractivity contribution < 1.29 is 18.1 Å². The smallest absolute Gasteiger partial charge is 0.261 e. The first-order valence-electron chi connectivity index (χ1n) is 9.67. The number of para-hydroxylation sites is 1. The van der Waals surface area contributed by atoms with E-state index >= 15 is 0 Å². The van der Waals surface area contributed by atoms with E-state index in [0.717, 1.165) is 12.1 Å². The third kappa shape index (κ3) is 5.68. The fraction of sp³-hybridized carbons (Fsp3) is 0.174. The molecule has 156 valence electrons. The molecular weight excluding hydrogens is 398 g/mol. The molecule has 0 heterocycles. The van der Waals surface area contributed by atoms with Crippen molar-refractivity contribution in [1.82, 2.24) is 5.32 Å². The molecule has 0 aliphatic carbocycles. The molecule has 0 bridgehead atoms. The van der Waals surface area contributed by atoms with Gasteiger partial charge in [-0.1, -0.05) is 42.5 Å². The monoisotopic (exact) mass is 424 g/mol. The van der Waals surface area contributed by atoms with Crippen LogP contribution in [-0.4, -0.2) is 28.4 Å². The highest BCUT2D eigenvalue weighted by Gasteiger charge is 2.15. The van der Waals surface area contributed by atoms with Crippen LogP contribution in [0.15, 0.2) is 83.8 Å². The molecule has 0 spiro atoms. The lowest BCUT2D eigenvalue weighted by Gasteiger charge is -2.13. The van der Waals surface area contributed by atoms with Gasteiger partial charge in [0.25, 0.3) is 15.9 Å². The largest absolute Gasteiger partial charge is 0.348 e. The van der Waals surface area contributed by atoms with Crippen LogP contribution < -0.4 is 14.9 Å². The van der Waals surface area contributed by atoms with E-state index in [1.54, 1.807) is 24.3 Å². The minimum absolute atomic E-state index is 0.0993. The first kappa shape index (κ1) is 21.5. The summed E-state index contributed by atoms with van der Waals surface area (Å²) in [5.41, 5.74) is 3.14. The van der Waals surface area contributed by atoms with Gasteiger partial charge in [-0.25, -0.2) is 8.42 Å². The standard InChI is InChI=1S/C23H25N3O3S/c1-26(2)17-20-9-7-6-8-19(20)16-24-23(27)18-12-14-22(15-13-18)30(28,29)25-21-10-4-3-5-11-21/h3-15,25H,16-17H2,1-2H3,(H,24,27)/p+1. The summed E-state index contributed by atoms with van der Waals surface area (Å²) in [6, 6.07) is 22.6. The third-order valence-corrected chi connectivity index (χ3v) is 5.95. The number of rotatable bonds is 8. The SMILES string of the molecule is C[NH+](C)Cc1ccccc1CNC(=O)c1ccc(S(=O)(=O)Nc2ccccc2)cc1. The number of anilines is 1. The van der Waals surface area contributed by atoms with E-state index in [4.69, 9.17) is 0 Å².